The first-order valence-electron chi connectivity index (χ1n) is 3.34. The van der Waals surface area contributed by atoms with E-state index >= 15 is 0 Å². The van der Waals surface area contributed by atoms with Crippen molar-refractivity contribution in [2.45, 2.75) is 6.42 Å². The van der Waals surface area contributed by atoms with E-state index in [2.05, 4.69) is 0 Å². The van der Waals surface area contributed by atoms with Gasteiger partial charge in [-0.2, -0.15) is 0 Å². The molecule has 0 aromatic heterocycles. The molecule has 0 saturated carbocycles. The zero-order valence-corrected chi connectivity index (χ0v) is 6.31. The molecule has 5 heteroatoms. The maximum atomic E-state index is 12.7. The average Bonchev–Trinajstić information content (AvgIpc) is 1.99. The quantitative estimate of drug-likeness (QED) is 0.631. The number of halogens is 3. The molecule has 0 spiro atoms. The lowest BCUT2D eigenvalue weighted by atomic mass is 10.1. The first-order valence-corrected chi connectivity index (χ1v) is 3.34. The van der Waals surface area contributed by atoms with Gasteiger partial charge in [0.05, 0.1) is 0 Å². The van der Waals surface area contributed by atoms with E-state index in [0.29, 0.717) is 12.1 Å². The lowest BCUT2D eigenvalue weighted by Gasteiger charge is -2.04. The highest BCUT2D eigenvalue weighted by molar-refractivity contribution is 5.67. The van der Waals surface area contributed by atoms with Gasteiger partial charge in [0.2, 0.25) is 0 Å². The molecule has 1 aromatic carbocycles. The van der Waals surface area contributed by atoms with Gasteiger partial charge in [0.15, 0.2) is 11.6 Å². The number of carbonyl (C=O) groups excluding carboxylic acids is 1. The average molecular weight is 189 g/mol. The van der Waals surface area contributed by atoms with E-state index in [9.17, 15) is 23.1 Å². The van der Waals surface area contributed by atoms with Crippen LogP contribution in [0.2, 0.25) is 0 Å². The molecule has 0 unspecified atom stereocenters. The molecule has 0 N–H and O–H groups in total. The lowest BCUT2D eigenvalue weighted by Crippen LogP contribution is -2.25. The van der Waals surface area contributed by atoms with E-state index < -0.39 is 35.4 Å². The minimum absolute atomic E-state index is 0.299. The van der Waals surface area contributed by atoms with E-state index in [1.807, 2.05) is 0 Å². The Morgan fingerprint density at radius 1 is 1.15 bits per heavy atom. The largest absolute Gasteiger partial charge is 0.550 e. The van der Waals surface area contributed by atoms with Crippen LogP contribution >= 0.6 is 0 Å². The van der Waals surface area contributed by atoms with Crippen molar-refractivity contribution in [3.63, 3.8) is 0 Å². The highest BCUT2D eigenvalue weighted by atomic mass is 19.2. The molecular formula is C8H4F3O2-. The topological polar surface area (TPSA) is 40.1 Å². The summed E-state index contributed by atoms with van der Waals surface area (Å²) in [4.78, 5) is 10.0. The van der Waals surface area contributed by atoms with Crippen molar-refractivity contribution >= 4 is 5.97 Å². The Bertz CT molecular complexity index is 349. The molecule has 70 valence electrons. The molecule has 0 atom stereocenters. The molecule has 0 saturated heterocycles. The molecule has 0 bridgehead atoms. The molecule has 13 heavy (non-hydrogen) atoms. The fourth-order valence-corrected chi connectivity index (χ4v) is 0.855. The molecule has 1 aromatic rings. The Kier molecular flexibility index (Phi) is 2.55. The van der Waals surface area contributed by atoms with E-state index in [-0.39, 0.29) is 0 Å². The summed E-state index contributed by atoms with van der Waals surface area (Å²) in [6.45, 7) is 0. The Morgan fingerprint density at radius 2 is 1.69 bits per heavy atom. The predicted octanol–water partition coefficient (Wildman–Crippen LogP) is 0.396. The molecule has 2 nitrogen and oxygen atoms in total. The van der Waals surface area contributed by atoms with Crippen LogP contribution in [-0.2, 0) is 11.2 Å². The molecule has 0 aliphatic carbocycles. The number of benzene rings is 1. The predicted molar refractivity (Wildman–Crippen MR) is 35.0 cm³/mol. The molecule has 0 fully saturated rings. The van der Waals surface area contributed by atoms with Crippen molar-refractivity contribution in [3.05, 3.63) is 35.1 Å². The highest BCUT2D eigenvalue weighted by Gasteiger charge is 2.09. The number of carbonyl (C=O) groups is 1. The standard InChI is InChI=1S/C8H5F3O2/c9-5-3-7(11)6(10)1-4(5)2-8(12)13/h1,3H,2H2,(H,12,13)/p-1. The zero-order chi connectivity index (χ0) is 10.0. The number of rotatable bonds is 2. The van der Waals surface area contributed by atoms with Crippen molar-refractivity contribution in [3.8, 4) is 0 Å². The van der Waals surface area contributed by atoms with Gasteiger partial charge in [-0.25, -0.2) is 13.2 Å². The van der Waals surface area contributed by atoms with Crippen LogP contribution in [0.3, 0.4) is 0 Å². The van der Waals surface area contributed by atoms with Crippen LogP contribution in [0.25, 0.3) is 0 Å². The Labute approximate surface area is 71.6 Å². The number of hydrogen-bond donors (Lipinski definition) is 0. The minimum atomic E-state index is -1.55. The number of hydrogen-bond acceptors (Lipinski definition) is 2. The number of aliphatic carboxylic acids is 1. The van der Waals surface area contributed by atoms with Gasteiger partial charge in [0, 0.05) is 18.5 Å². The van der Waals surface area contributed by atoms with Crippen LogP contribution < -0.4 is 5.11 Å². The SMILES string of the molecule is O=C([O-])Cc1cc(F)c(F)cc1F. The Morgan fingerprint density at radius 3 is 2.23 bits per heavy atom. The van der Waals surface area contributed by atoms with Crippen LogP contribution in [0.4, 0.5) is 13.2 Å². The number of carboxylic acid groups (broad SMARTS) is 1. The van der Waals surface area contributed by atoms with Crippen LogP contribution in [0.15, 0.2) is 12.1 Å². The van der Waals surface area contributed by atoms with Gasteiger partial charge in [-0.1, -0.05) is 0 Å². The van der Waals surface area contributed by atoms with E-state index in [1.54, 1.807) is 0 Å². The molecule has 0 aliphatic heterocycles. The lowest BCUT2D eigenvalue weighted by molar-refractivity contribution is -0.304. The third-order valence-corrected chi connectivity index (χ3v) is 1.42. The summed E-state index contributed by atoms with van der Waals surface area (Å²) in [5, 5.41) is 10.0. The summed E-state index contributed by atoms with van der Waals surface area (Å²) in [5.41, 5.74) is -0.432. The van der Waals surface area contributed by atoms with E-state index in [1.165, 1.54) is 0 Å². The molecule has 0 heterocycles. The normalized spacial score (nSPS) is 10.1. The van der Waals surface area contributed by atoms with Gasteiger partial charge in [-0.05, 0) is 11.6 Å². The summed E-state index contributed by atoms with van der Waals surface area (Å²) in [7, 11) is 0. The first-order chi connectivity index (χ1) is 6.00. The van der Waals surface area contributed by atoms with Crippen LogP contribution in [0.5, 0.6) is 0 Å². The van der Waals surface area contributed by atoms with Gasteiger partial charge >= 0.3 is 0 Å². The minimum Gasteiger partial charge on any atom is -0.550 e. The fraction of sp³-hybridized carbons (Fsp3) is 0.125. The molecule has 0 radical (unpaired) electrons. The summed E-state index contributed by atoms with van der Waals surface area (Å²) in [6.07, 6.45) is -0.775. The summed E-state index contributed by atoms with van der Waals surface area (Å²) in [5.74, 6) is -5.27. The molecule has 1 rings (SSSR count). The molecule has 0 amide bonds. The van der Waals surface area contributed by atoms with Crippen molar-refractivity contribution in [2.75, 3.05) is 0 Å². The second kappa shape index (κ2) is 3.47. The van der Waals surface area contributed by atoms with Crippen LogP contribution in [0, 0.1) is 17.5 Å². The van der Waals surface area contributed by atoms with Gasteiger partial charge < -0.3 is 9.90 Å². The van der Waals surface area contributed by atoms with Crippen molar-refractivity contribution in [2.24, 2.45) is 0 Å². The van der Waals surface area contributed by atoms with Gasteiger partial charge in [0.25, 0.3) is 0 Å². The number of carboxylic acids is 1. The zero-order valence-electron chi connectivity index (χ0n) is 6.31. The van der Waals surface area contributed by atoms with E-state index in [4.69, 9.17) is 0 Å². The second-order valence-electron chi connectivity index (χ2n) is 2.41. The highest BCUT2D eigenvalue weighted by Crippen LogP contribution is 2.13. The molecule has 0 aliphatic rings. The molecular weight excluding hydrogens is 185 g/mol. The Hall–Kier alpha value is -1.52. The monoisotopic (exact) mass is 189 g/mol. The third-order valence-electron chi connectivity index (χ3n) is 1.42. The summed E-state index contributed by atoms with van der Waals surface area (Å²) in [6, 6.07) is 0.800. The van der Waals surface area contributed by atoms with Crippen LogP contribution in [-0.4, -0.2) is 5.97 Å². The Balaban J connectivity index is 3.08. The van der Waals surface area contributed by atoms with Gasteiger partial charge in [-0.15, -0.1) is 0 Å². The smallest absolute Gasteiger partial charge is 0.161 e. The second-order valence-corrected chi connectivity index (χ2v) is 2.41. The fourth-order valence-electron chi connectivity index (χ4n) is 0.855. The first kappa shape index (κ1) is 9.57. The van der Waals surface area contributed by atoms with Crippen LogP contribution in [0.1, 0.15) is 5.56 Å². The van der Waals surface area contributed by atoms with E-state index in [0.717, 1.165) is 0 Å². The maximum absolute atomic E-state index is 12.7. The summed E-state index contributed by atoms with van der Waals surface area (Å²) >= 11 is 0. The van der Waals surface area contributed by atoms with Crippen molar-refractivity contribution < 1.29 is 23.1 Å². The third kappa shape index (κ3) is 2.21. The van der Waals surface area contributed by atoms with Gasteiger partial charge in [0.1, 0.15) is 5.82 Å². The summed E-state index contributed by atoms with van der Waals surface area (Å²) < 4.78 is 37.5. The maximum Gasteiger partial charge on any atom is 0.161 e. The van der Waals surface area contributed by atoms with Crippen molar-refractivity contribution in [1.29, 1.82) is 0 Å². The van der Waals surface area contributed by atoms with Crippen molar-refractivity contribution in [1.82, 2.24) is 0 Å². The van der Waals surface area contributed by atoms with Gasteiger partial charge in [-0.3, -0.25) is 0 Å².